The van der Waals surface area contributed by atoms with Crippen molar-refractivity contribution in [1.29, 1.82) is 5.26 Å². The van der Waals surface area contributed by atoms with Gasteiger partial charge in [-0.05, 0) is 29.8 Å². The first-order valence-electron chi connectivity index (χ1n) is 8.80. The number of ether oxygens (including phenoxy) is 1. The van der Waals surface area contributed by atoms with Gasteiger partial charge in [-0.25, -0.2) is 0 Å². The molecule has 1 aliphatic rings. The topological polar surface area (TPSA) is 67.0 Å². The predicted molar refractivity (Wildman–Crippen MR) is 105 cm³/mol. The van der Waals surface area contributed by atoms with Crippen LogP contribution in [-0.4, -0.2) is 41.1 Å². The van der Waals surface area contributed by atoms with Gasteiger partial charge in [-0.3, -0.25) is 4.57 Å². The maximum atomic E-state index is 9.09. The predicted octanol–water partition coefficient (Wildman–Crippen LogP) is 3.27. The van der Waals surface area contributed by atoms with Crippen molar-refractivity contribution in [3.05, 3.63) is 65.7 Å². The van der Waals surface area contributed by atoms with E-state index in [9.17, 15) is 0 Å². The van der Waals surface area contributed by atoms with Crippen molar-refractivity contribution in [1.82, 2.24) is 14.8 Å². The number of benzene rings is 2. The molecule has 3 aromatic rings. The minimum Gasteiger partial charge on any atom is -0.378 e. The van der Waals surface area contributed by atoms with E-state index >= 15 is 0 Å². The summed E-state index contributed by atoms with van der Waals surface area (Å²) in [4.78, 5) is 2.21. The summed E-state index contributed by atoms with van der Waals surface area (Å²) in [5.41, 5.74) is 2.80. The van der Waals surface area contributed by atoms with Gasteiger partial charge in [0.25, 0.3) is 0 Å². The van der Waals surface area contributed by atoms with Crippen molar-refractivity contribution in [2.24, 2.45) is 0 Å². The summed E-state index contributed by atoms with van der Waals surface area (Å²) < 4.78 is 7.57. The standard InChI is InChI=1S/C20H19N5OS/c21-14-16-5-4-6-17(13-16)15-27-20-23-22-19(24-9-11-26-12-10-24)25(20)18-7-2-1-3-8-18/h1-8,13H,9-12,15H2. The van der Waals surface area contributed by atoms with Crippen LogP contribution >= 0.6 is 11.8 Å². The maximum absolute atomic E-state index is 9.09. The molecule has 0 aliphatic carbocycles. The van der Waals surface area contributed by atoms with Crippen molar-refractivity contribution in [3.63, 3.8) is 0 Å². The Balaban J connectivity index is 1.63. The van der Waals surface area contributed by atoms with E-state index in [4.69, 9.17) is 10.00 Å². The molecule has 1 saturated heterocycles. The van der Waals surface area contributed by atoms with Gasteiger partial charge in [-0.15, -0.1) is 10.2 Å². The number of hydrogen-bond acceptors (Lipinski definition) is 6. The zero-order valence-electron chi connectivity index (χ0n) is 14.8. The fraction of sp³-hybridized carbons (Fsp3) is 0.250. The minimum atomic E-state index is 0.673. The third-order valence-corrected chi connectivity index (χ3v) is 5.35. The van der Waals surface area contributed by atoms with Crippen LogP contribution in [0.5, 0.6) is 0 Å². The first-order chi connectivity index (χ1) is 13.3. The number of morpholine rings is 1. The maximum Gasteiger partial charge on any atom is 0.232 e. The SMILES string of the molecule is N#Cc1cccc(CSc2nnc(N3CCOCC3)n2-c2ccccc2)c1. The van der Waals surface area contributed by atoms with Crippen LogP contribution in [-0.2, 0) is 10.5 Å². The Morgan fingerprint density at radius 3 is 2.63 bits per heavy atom. The van der Waals surface area contributed by atoms with Crippen molar-refractivity contribution in [3.8, 4) is 11.8 Å². The lowest BCUT2D eigenvalue weighted by Crippen LogP contribution is -2.37. The zero-order valence-corrected chi connectivity index (χ0v) is 15.6. The molecule has 0 amide bonds. The summed E-state index contributed by atoms with van der Waals surface area (Å²) in [6.45, 7) is 3.01. The van der Waals surface area contributed by atoms with Crippen molar-refractivity contribution >= 4 is 17.7 Å². The quantitative estimate of drug-likeness (QED) is 0.636. The van der Waals surface area contributed by atoms with Crippen LogP contribution in [0.4, 0.5) is 5.95 Å². The van der Waals surface area contributed by atoms with Gasteiger partial charge in [-0.2, -0.15) is 5.26 Å². The van der Waals surface area contributed by atoms with E-state index in [-0.39, 0.29) is 0 Å². The Morgan fingerprint density at radius 2 is 1.85 bits per heavy atom. The van der Waals surface area contributed by atoms with Crippen LogP contribution in [0.1, 0.15) is 11.1 Å². The number of nitrogens with zero attached hydrogens (tertiary/aromatic N) is 5. The van der Waals surface area contributed by atoms with Crippen LogP contribution in [0.3, 0.4) is 0 Å². The van der Waals surface area contributed by atoms with Gasteiger partial charge in [0.15, 0.2) is 5.16 Å². The van der Waals surface area contributed by atoms with Gasteiger partial charge in [0.05, 0.1) is 30.5 Å². The summed E-state index contributed by atoms with van der Waals surface area (Å²) in [5, 5.41) is 18.9. The second-order valence-electron chi connectivity index (χ2n) is 6.15. The second kappa shape index (κ2) is 8.25. The molecule has 27 heavy (non-hydrogen) atoms. The van der Waals surface area contributed by atoms with Gasteiger partial charge in [0.2, 0.25) is 5.95 Å². The van der Waals surface area contributed by atoms with Gasteiger partial charge in [-0.1, -0.05) is 42.1 Å². The Labute approximate surface area is 162 Å². The molecule has 2 heterocycles. The highest BCUT2D eigenvalue weighted by atomic mass is 32.2. The van der Waals surface area contributed by atoms with E-state index in [2.05, 4.69) is 37.9 Å². The van der Waals surface area contributed by atoms with Crippen LogP contribution in [0.15, 0.2) is 59.8 Å². The van der Waals surface area contributed by atoms with Crippen molar-refractivity contribution in [2.75, 3.05) is 31.2 Å². The highest BCUT2D eigenvalue weighted by Gasteiger charge is 2.21. The molecule has 7 heteroatoms. The monoisotopic (exact) mass is 377 g/mol. The van der Waals surface area contributed by atoms with Crippen molar-refractivity contribution in [2.45, 2.75) is 10.9 Å². The summed E-state index contributed by atoms with van der Waals surface area (Å²) in [7, 11) is 0. The molecule has 0 saturated carbocycles. The summed E-state index contributed by atoms with van der Waals surface area (Å²) in [6, 6.07) is 20.0. The number of hydrogen-bond donors (Lipinski definition) is 0. The highest BCUT2D eigenvalue weighted by Crippen LogP contribution is 2.29. The molecule has 0 radical (unpaired) electrons. The molecule has 4 rings (SSSR count). The van der Waals surface area contributed by atoms with E-state index in [1.165, 1.54) is 0 Å². The van der Waals surface area contributed by atoms with E-state index in [0.29, 0.717) is 18.8 Å². The van der Waals surface area contributed by atoms with Gasteiger partial charge >= 0.3 is 0 Å². The third-order valence-electron chi connectivity index (χ3n) is 4.35. The molecule has 0 unspecified atom stereocenters. The number of para-hydroxylation sites is 1. The summed E-state index contributed by atoms with van der Waals surface area (Å²) in [5.74, 6) is 1.57. The van der Waals surface area contributed by atoms with Gasteiger partial charge in [0.1, 0.15) is 0 Å². The van der Waals surface area contributed by atoms with E-state index in [0.717, 1.165) is 41.2 Å². The molecule has 1 aliphatic heterocycles. The zero-order chi connectivity index (χ0) is 18.5. The Morgan fingerprint density at radius 1 is 1.04 bits per heavy atom. The smallest absolute Gasteiger partial charge is 0.232 e. The van der Waals surface area contributed by atoms with Crippen LogP contribution in [0, 0.1) is 11.3 Å². The summed E-state index contributed by atoms with van der Waals surface area (Å²) in [6.07, 6.45) is 0. The molecule has 0 N–H and O–H groups in total. The molecule has 0 atom stereocenters. The highest BCUT2D eigenvalue weighted by molar-refractivity contribution is 7.98. The lowest BCUT2D eigenvalue weighted by atomic mass is 10.2. The second-order valence-corrected chi connectivity index (χ2v) is 7.10. The molecular formula is C20H19N5OS. The Hall–Kier alpha value is -2.82. The van der Waals surface area contributed by atoms with Crippen molar-refractivity contribution < 1.29 is 4.74 Å². The van der Waals surface area contributed by atoms with Crippen LogP contribution < -0.4 is 4.90 Å². The Kier molecular flexibility index (Phi) is 5.37. The molecule has 6 nitrogen and oxygen atoms in total. The molecule has 0 bridgehead atoms. The molecule has 0 spiro atoms. The van der Waals surface area contributed by atoms with E-state index < -0.39 is 0 Å². The lowest BCUT2D eigenvalue weighted by molar-refractivity contribution is 0.122. The molecular weight excluding hydrogens is 358 g/mol. The van der Waals surface area contributed by atoms with E-state index in [1.807, 2.05) is 42.5 Å². The lowest BCUT2D eigenvalue weighted by Gasteiger charge is -2.27. The molecule has 1 fully saturated rings. The number of aromatic nitrogens is 3. The largest absolute Gasteiger partial charge is 0.378 e. The third kappa shape index (κ3) is 3.97. The fourth-order valence-electron chi connectivity index (χ4n) is 3.01. The number of nitriles is 1. The number of rotatable bonds is 5. The number of thioether (sulfide) groups is 1. The molecule has 1 aromatic heterocycles. The van der Waals surface area contributed by atoms with E-state index in [1.54, 1.807) is 11.8 Å². The van der Waals surface area contributed by atoms with Crippen LogP contribution in [0.2, 0.25) is 0 Å². The normalized spacial score (nSPS) is 14.1. The van der Waals surface area contributed by atoms with Crippen LogP contribution in [0.25, 0.3) is 5.69 Å². The number of anilines is 1. The molecule has 2 aromatic carbocycles. The first-order valence-corrected chi connectivity index (χ1v) is 9.79. The molecule has 136 valence electrons. The summed E-state index contributed by atoms with van der Waals surface area (Å²) >= 11 is 1.62. The van der Waals surface area contributed by atoms with Gasteiger partial charge in [0, 0.05) is 18.8 Å². The average molecular weight is 377 g/mol. The average Bonchev–Trinajstić information content (AvgIpc) is 3.17. The minimum absolute atomic E-state index is 0.673. The first kappa shape index (κ1) is 17.6. The van der Waals surface area contributed by atoms with Gasteiger partial charge < -0.3 is 9.64 Å². The Bertz CT molecular complexity index is 945. The fourth-order valence-corrected chi connectivity index (χ4v) is 3.90.